The first kappa shape index (κ1) is 20.1. The van der Waals surface area contributed by atoms with Crippen molar-refractivity contribution in [1.29, 1.82) is 0 Å². The highest BCUT2D eigenvalue weighted by Gasteiger charge is 2.45. The molecule has 0 spiro atoms. The molecule has 4 unspecified atom stereocenters. The van der Waals surface area contributed by atoms with Gasteiger partial charge in [-0.25, -0.2) is 13.9 Å². The SMILES string of the molecule is Nc1nc2c(ncn2C2OC(COP(=O)(O)O[PH](=O)O)[C@H](O)[C@@H]2O)c(=O)[nH]1. The summed E-state index contributed by atoms with van der Waals surface area (Å²) in [5.74, 6) is -0.209. The highest BCUT2D eigenvalue weighted by molar-refractivity contribution is 7.55. The Balaban J connectivity index is 1.80. The molecular formula is C10H15N5O10P2. The predicted molar refractivity (Wildman–Crippen MR) is 86.6 cm³/mol. The molecule has 0 radical (unpaired) electrons. The van der Waals surface area contributed by atoms with Crippen LogP contribution in [0.5, 0.6) is 0 Å². The first-order valence-electron chi connectivity index (χ1n) is 7.23. The molecule has 1 aliphatic rings. The number of phosphoric ester groups is 1. The number of nitrogens with zero attached hydrogens (tertiary/aromatic N) is 3. The normalized spacial score (nSPS) is 29.0. The lowest BCUT2D eigenvalue weighted by Gasteiger charge is -2.17. The monoisotopic (exact) mass is 427 g/mol. The van der Waals surface area contributed by atoms with Crippen LogP contribution in [0.4, 0.5) is 5.95 Å². The Bertz CT molecular complexity index is 977. The fourth-order valence-corrected chi connectivity index (χ4v) is 3.85. The molecule has 0 aromatic carbocycles. The lowest BCUT2D eigenvalue weighted by atomic mass is 10.1. The predicted octanol–water partition coefficient (Wildman–Crippen LogP) is -2.16. The number of aromatic nitrogens is 4. The van der Waals surface area contributed by atoms with Gasteiger partial charge in [0.1, 0.15) is 18.3 Å². The van der Waals surface area contributed by atoms with Crippen LogP contribution in [0.3, 0.4) is 0 Å². The molecule has 0 saturated carbocycles. The average molecular weight is 427 g/mol. The molecule has 1 fully saturated rings. The number of H-pyrrole nitrogens is 1. The van der Waals surface area contributed by atoms with Gasteiger partial charge in [-0.15, -0.1) is 0 Å². The number of anilines is 1. The van der Waals surface area contributed by atoms with Gasteiger partial charge in [-0.2, -0.15) is 4.98 Å². The van der Waals surface area contributed by atoms with Gasteiger partial charge in [0.25, 0.3) is 5.56 Å². The van der Waals surface area contributed by atoms with Crippen molar-refractivity contribution in [3.63, 3.8) is 0 Å². The van der Waals surface area contributed by atoms with E-state index in [0.717, 1.165) is 10.9 Å². The van der Waals surface area contributed by atoms with Gasteiger partial charge >= 0.3 is 16.1 Å². The third-order valence-corrected chi connectivity index (χ3v) is 5.68. The van der Waals surface area contributed by atoms with Crippen molar-refractivity contribution in [1.82, 2.24) is 19.5 Å². The molecule has 0 bridgehead atoms. The van der Waals surface area contributed by atoms with Crippen LogP contribution in [0.1, 0.15) is 6.23 Å². The molecule has 1 aliphatic heterocycles. The first-order valence-corrected chi connectivity index (χ1v) is 9.99. The molecular weight excluding hydrogens is 412 g/mol. The maximum absolute atomic E-state index is 11.8. The van der Waals surface area contributed by atoms with Crippen molar-refractivity contribution in [3.05, 3.63) is 16.7 Å². The highest BCUT2D eigenvalue weighted by Crippen LogP contribution is 2.51. The lowest BCUT2D eigenvalue weighted by molar-refractivity contribution is -0.0501. The molecule has 6 atom stereocenters. The lowest BCUT2D eigenvalue weighted by Crippen LogP contribution is -2.33. The minimum absolute atomic E-state index is 0.0240. The zero-order valence-corrected chi connectivity index (χ0v) is 15.1. The van der Waals surface area contributed by atoms with Crippen molar-refractivity contribution >= 4 is 33.2 Å². The molecule has 3 heterocycles. The van der Waals surface area contributed by atoms with Crippen molar-refractivity contribution in [2.24, 2.45) is 0 Å². The minimum Gasteiger partial charge on any atom is -0.387 e. The molecule has 2 aromatic heterocycles. The van der Waals surface area contributed by atoms with Crippen LogP contribution in [0, 0.1) is 0 Å². The second-order valence-corrected chi connectivity index (χ2v) is 7.90. The number of imidazole rings is 1. The Hall–Kier alpha value is -1.67. The highest BCUT2D eigenvalue weighted by atomic mass is 31.2. The Kier molecular flexibility index (Phi) is 5.49. The summed E-state index contributed by atoms with van der Waals surface area (Å²) in [6.07, 6.45) is -4.57. The Morgan fingerprint density at radius 2 is 2.15 bits per heavy atom. The van der Waals surface area contributed by atoms with Crippen LogP contribution in [0.25, 0.3) is 11.2 Å². The number of hydrogen-bond donors (Lipinski definition) is 6. The van der Waals surface area contributed by atoms with E-state index in [0.29, 0.717) is 0 Å². The van der Waals surface area contributed by atoms with Gasteiger partial charge in [0.2, 0.25) is 5.95 Å². The van der Waals surface area contributed by atoms with E-state index in [2.05, 4.69) is 23.8 Å². The van der Waals surface area contributed by atoms with Crippen molar-refractivity contribution in [3.8, 4) is 0 Å². The van der Waals surface area contributed by atoms with E-state index in [4.69, 9.17) is 15.4 Å². The number of nitrogens with one attached hydrogen (secondary N) is 1. The number of aromatic amines is 1. The fourth-order valence-electron chi connectivity index (χ4n) is 2.52. The number of hydrogen-bond acceptors (Lipinski definition) is 11. The second kappa shape index (κ2) is 7.39. The van der Waals surface area contributed by atoms with Gasteiger partial charge < -0.3 is 30.5 Å². The van der Waals surface area contributed by atoms with Crippen molar-refractivity contribution in [2.75, 3.05) is 12.3 Å². The number of nitrogens with two attached hydrogens (primary N) is 1. The summed E-state index contributed by atoms with van der Waals surface area (Å²) in [6, 6.07) is 0. The van der Waals surface area contributed by atoms with Crippen LogP contribution in [0.2, 0.25) is 0 Å². The smallest absolute Gasteiger partial charge is 0.387 e. The van der Waals surface area contributed by atoms with Crippen LogP contribution in [0.15, 0.2) is 11.1 Å². The Morgan fingerprint density at radius 3 is 2.81 bits per heavy atom. The first-order chi connectivity index (χ1) is 12.6. The van der Waals surface area contributed by atoms with E-state index in [1.165, 1.54) is 0 Å². The van der Waals surface area contributed by atoms with Gasteiger partial charge in [0, 0.05) is 0 Å². The zero-order valence-electron chi connectivity index (χ0n) is 13.2. The number of aliphatic hydroxyl groups excluding tert-OH is 2. The number of aliphatic hydroxyl groups is 2. The average Bonchev–Trinajstić information content (AvgIpc) is 3.07. The molecule has 7 N–H and O–H groups in total. The molecule has 150 valence electrons. The summed E-state index contributed by atoms with van der Waals surface area (Å²) in [4.78, 5) is 39.6. The third kappa shape index (κ3) is 4.11. The summed E-state index contributed by atoms with van der Waals surface area (Å²) < 4.78 is 36.8. The third-order valence-electron chi connectivity index (χ3n) is 3.66. The summed E-state index contributed by atoms with van der Waals surface area (Å²) in [7, 11) is -8.61. The second-order valence-electron chi connectivity index (χ2n) is 5.44. The summed E-state index contributed by atoms with van der Waals surface area (Å²) in [6.45, 7) is -0.750. The maximum Gasteiger partial charge on any atom is 0.479 e. The van der Waals surface area contributed by atoms with Crippen LogP contribution in [-0.2, 0) is 22.7 Å². The van der Waals surface area contributed by atoms with E-state index in [1.807, 2.05) is 0 Å². The summed E-state index contributed by atoms with van der Waals surface area (Å²) in [5.41, 5.74) is 4.74. The van der Waals surface area contributed by atoms with Crippen LogP contribution >= 0.6 is 16.1 Å². The quantitative estimate of drug-likeness (QED) is 0.270. The number of rotatable bonds is 6. The van der Waals surface area contributed by atoms with E-state index < -0.39 is 52.8 Å². The van der Waals surface area contributed by atoms with E-state index >= 15 is 0 Å². The van der Waals surface area contributed by atoms with Gasteiger partial charge in [-0.1, -0.05) is 0 Å². The number of nitrogen functional groups attached to an aromatic ring is 1. The van der Waals surface area contributed by atoms with Gasteiger partial charge in [0.05, 0.1) is 12.9 Å². The topological polar surface area (TPSA) is 232 Å². The molecule has 1 saturated heterocycles. The van der Waals surface area contributed by atoms with E-state index in [-0.39, 0.29) is 17.1 Å². The van der Waals surface area contributed by atoms with Crippen LogP contribution in [-0.4, -0.2) is 64.4 Å². The Morgan fingerprint density at radius 1 is 1.44 bits per heavy atom. The molecule has 17 heteroatoms. The van der Waals surface area contributed by atoms with E-state index in [1.54, 1.807) is 0 Å². The molecule has 15 nitrogen and oxygen atoms in total. The number of phosphoric acid groups is 1. The Labute approximate surface area is 149 Å². The molecule has 0 aliphatic carbocycles. The minimum atomic E-state index is -4.86. The van der Waals surface area contributed by atoms with Crippen molar-refractivity contribution in [2.45, 2.75) is 24.5 Å². The van der Waals surface area contributed by atoms with Gasteiger partial charge in [0.15, 0.2) is 17.4 Å². The van der Waals surface area contributed by atoms with Crippen molar-refractivity contribution < 1.29 is 42.7 Å². The summed E-state index contributed by atoms with van der Waals surface area (Å²) in [5, 5.41) is 20.3. The molecule has 3 rings (SSSR count). The zero-order chi connectivity index (χ0) is 19.9. The number of fused-ring (bicyclic) bond motifs is 1. The maximum atomic E-state index is 11.8. The van der Waals surface area contributed by atoms with Gasteiger partial charge in [-0.3, -0.25) is 23.4 Å². The van der Waals surface area contributed by atoms with Crippen LogP contribution < -0.4 is 11.3 Å². The standard InChI is InChI=1S/C10H15N5O10P2/c11-10-13-7-4(8(18)14-10)12-2-15(7)9-6(17)5(16)3(24-9)1-23-27(21,22)25-26(19)20/h2-3,5-6,9,16-17,26H,1H2,(H,19,20)(H,21,22)(H3,11,13,14,18)/t3?,5-,6-,9?/m0/s1. The molecule has 0 amide bonds. The molecule has 2 aromatic rings. The summed E-state index contributed by atoms with van der Waals surface area (Å²) >= 11 is 0. The fraction of sp³-hybridized carbons (Fsp3) is 0.500. The molecule has 27 heavy (non-hydrogen) atoms. The number of ether oxygens (including phenoxy) is 1. The van der Waals surface area contributed by atoms with Gasteiger partial charge in [-0.05, 0) is 0 Å². The van der Waals surface area contributed by atoms with E-state index in [9.17, 15) is 29.0 Å². The largest absolute Gasteiger partial charge is 0.479 e.